The van der Waals surface area contributed by atoms with Crippen LogP contribution in [0.4, 0.5) is 0 Å². The lowest BCUT2D eigenvalue weighted by Gasteiger charge is -2.35. The molecule has 1 unspecified atom stereocenters. The summed E-state index contributed by atoms with van der Waals surface area (Å²) in [5.41, 5.74) is 2.49. The second kappa shape index (κ2) is 7.72. The summed E-state index contributed by atoms with van der Waals surface area (Å²) in [5.74, 6) is 1.09. The van der Waals surface area contributed by atoms with Gasteiger partial charge < -0.3 is 10.4 Å². The molecule has 2 aliphatic heterocycles. The molecule has 29 heavy (non-hydrogen) atoms. The summed E-state index contributed by atoms with van der Waals surface area (Å²) in [7, 11) is 0. The normalized spacial score (nSPS) is 21.2. The fraction of sp³-hybridized carbons (Fsp3) is 0.500. The zero-order valence-corrected chi connectivity index (χ0v) is 16.9. The molecule has 0 radical (unpaired) electrons. The van der Waals surface area contributed by atoms with Crippen LogP contribution in [0.1, 0.15) is 43.6 Å². The van der Waals surface area contributed by atoms with E-state index in [0.29, 0.717) is 17.1 Å². The van der Waals surface area contributed by atoms with Crippen LogP contribution in [0.25, 0.3) is 16.7 Å². The van der Waals surface area contributed by atoms with E-state index in [0.717, 1.165) is 62.6 Å². The number of hydrogen-bond acceptors (Lipinski definition) is 6. The van der Waals surface area contributed by atoms with E-state index in [4.69, 9.17) is 10.1 Å². The number of aryl methyl sites for hydroxylation is 1. The van der Waals surface area contributed by atoms with Gasteiger partial charge in [-0.3, -0.25) is 4.90 Å². The van der Waals surface area contributed by atoms with Gasteiger partial charge in [0.1, 0.15) is 11.2 Å². The quantitative estimate of drug-likeness (QED) is 0.711. The average Bonchev–Trinajstić information content (AvgIpc) is 3.43. The number of aromatic hydroxyl groups is 1. The van der Waals surface area contributed by atoms with E-state index in [-0.39, 0.29) is 11.8 Å². The lowest BCUT2D eigenvalue weighted by molar-refractivity contribution is 0.159. The largest absolute Gasteiger partial charge is 0.493 e. The predicted molar refractivity (Wildman–Crippen MR) is 113 cm³/mol. The number of hydrogen-bond donors (Lipinski definition) is 2. The topological polar surface area (TPSA) is 79.1 Å². The number of nitrogens with one attached hydrogen (secondary N) is 1. The van der Waals surface area contributed by atoms with Crippen LogP contribution < -0.4 is 5.32 Å². The molecule has 1 atom stereocenters. The monoisotopic (exact) mass is 392 g/mol. The van der Waals surface area contributed by atoms with E-state index in [1.807, 2.05) is 41.9 Å². The first-order valence-electron chi connectivity index (χ1n) is 10.7. The van der Waals surface area contributed by atoms with Crippen molar-refractivity contribution in [1.29, 1.82) is 0 Å². The Morgan fingerprint density at radius 2 is 1.90 bits per heavy atom. The van der Waals surface area contributed by atoms with Crippen molar-refractivity contribution in [1.82, 2.24) is 30.0 Å². The molecule has 0 saturated carbocycles. The Morgan fingerprint density at radius 1 is 1.10 bits per heavy atom. The van der Waals surface area contributed by atoms with E-state index in [1.165, 1.54) is 6.42 Å². The van der Waals surface area contributed by atoms with Gasteiger partial charge in [-0.25, -0.2) is 9.67 Å². The van der Waals surface area contributed by atoms with E-state index < -0.39 is 0 Å². The van der Waals surface area contributed by atoms with Crippen molar-refractivity contribution in [2.75, 3.05) is 26.2 Å². The van der Waals surface area contributed by atoms with Crippen molar-refractivity contribution >= 4 is 11.0 Å². The van der Waals surface area contributed by atoms with Crippen LogP contribution in [-0.2, 0) is 6.42 Å². The first kappa shape index (κ1) is 18.5. The van der Waals surface area contributed by atoms with Crippen molar-refractivity contribution in [3.63, 3.8) is 0 Å². The van der Waals surface area contributed by atoms with E-state index >= 15 is 0 Å². The standard InChI is InChI=1S/C22H28N6O/c1-2-18-19-21(28(26-18)16-6-4-3-5-7-16)24-20(25-22(19)29)15-9-12-27(13-10-15)17-8-11-23-14-17/h3-7,15,17,23H,2,8-14H2,1H3,(H,24,25,29). The highest BCUT2D eigenvalue weighted by atomic mass is 16.3. The Kier molecular flexibility index (Phi) is 4.93. The van der Waals surface area contributed by atoms with Crippen LogP contribution >= 0.6 is 0 Å². The number of aromatic nitrogens is 4. The zero-order chi connectivity index (χ0) is 19.8. The van der Waals surface area contributed by atoms with Gasteiger partial charge in [0.15, 0.2) is 5.65 Å². The number of likely N-dealkylation sites (tertiary alicyclic amines) is 1. The van der Waals surface area contributed by atoms with Crippen molar-refractivity contribution < 1.29 is 5.11 Å². The molecular formula is C22H28N6O. The number of nitrogens with zero attached hydrogens (tertiary/aromatic N) is 5. The Balaban J connectivity index is 1.48. The van der Waals surface area contributed by atoms with Gasteiger partial charge in [-0.15, -0.1) is 0 Å². The van der Waals surface area contributed by atoms with Gasteiger partial charge >= 0.3 is 0 Å². The minimum Gasteiger partial charge on any atom is -0.493 e. The molecule has 0 amide bonds. The minimum absolute atomic E-state index is 0.0615. The highest BCUT2D eigenvalue weighted by molar-refractivity contribution is 5.84. The lowest BCUT2D eigenvalue weighted by Crippen LogP contribution is -2.42. The number of piperidine rings is 1. The average molecular weight is 393 g/mol. The number of benzene rings is 1. The smallest absolute Gasteiger partial charge is 0.225 e. The molecule has 0 aliphatic carbocycles. The fourth-order valence-electron chi connectivity index (χ4n) is 4.74. The summed E-state index contributed by atoms with van der Waals surface area (Å²) in [6.45, 7) is 6.40. The Bertz CT molecular complexity index is 987. The molecule has 2 fully saturated rings. The highest BCUT2D eigenvalue weighted by Crippen LogP contribution is 2.33. The highest BCUT2D eigenvalue weighted by Gasteiger charge is 2.30. The summed E-state index contributed by atoms with van der Waals surface area (Å²) in [6, 6.07) is 10.7. The fourth-order valence-corrected chi connectivity index (χ4v) is 4.74. The summed E-state index contributed by atoms with van der Waals surface area (Å²) in [6.07, 6.45) is 4.02. The van der Waals surface area contributed by atoms with E-state index in [2.05, 4.69) is 15.2 Å². The molecule has 152 valence electrons. The van der Waals surface area contributed by atoms with Gasteiger partial charge in [-0.05, 0) is 57.5 Å². The Labute approximate surface area is 170 Å². The summed E-state index contributed by atoms with van der Waals surface area (Å²) < 4.78 is 1.85. The third-order valence-corrected chi connectivity index (χ3v) is 6.38. The molecule has 5 rings (SSSR count). The maximum atomic E-state index is 10.8. The molecule has 2 N–H and O–H groups in total. The summed E-state index contributed by atoms with van der Waals surface area (Å²) in [4.78, 5) is 12.0. The van der Waals surface area contributed by atoms with Gasteiger partial charge in [0.25, 0.3) is 0 Å². The molecule has 2 aromatic heterocycles. The van der Waals surface area contributed by atoms with Crippen molar-refractivity contribution in [2.24, 2.45) is 0 Å². The molecular weight excluding hydrogens is 364 g/mol. The third-order valence-electron chi connectivity index (χ3n) is 6.38. The van der Waals surface area contributed by atoms with Crippen LogP contribution in [-0.4, -0.2) is 62.0 Å². The molecule has 7 nitrogen and oxygen atoms in total. The SMILES string of the molecule is CCc1nn(-c2ccccc2)c2nc(C3CCN(C4CCNC4)CC3)nc(O)c12. The lowest BCUT2D eigenvalue weighted by atomic mass is 9.94. The van der Waals surface area contributed by atoms with Crippen LogP contribution in [0.15, 0.2) is 30.3 Å². The Morgan fingerprint density at radius 3 is 2.59 bits per heavy atom. The molecule has 0 spiro atoms. The van der Waals surface area contributed by atoms with Crippen LogP contribution in [0.3, 0.4) is 0 Å². The van der Waals surface area contributed by atoms with Gasteiger partial charge in [-0.2, -0.15) is 10.1 Å². The summed E-state index contributed by atoms with van der Waals surface area (Å²) >= 11 is 0. The molecule has 3 aromatic rings. The second-order valence-electron chi connectivity index (χ2n) is 8.11. The maximum Gasteiger partial charge on any atom is 0.225 e. The van der Waals surface area contributed by atoms with Gasteiger partial charge in [-0.1, -0.05) is 25.1 Å². The molecule has 7 heteroatoms. The van der Waals surface area contributed by atoms with E-state index in [1.54, 1.807) is 0 Å². The third kappa shape index (κ3) is 3.38. The van der Waals surface area contributed by atoms with Crippen LogP contribution in [0.5, 0.6) is 5.88 Å². The molecule has 2 saturated heterocycles. The van der Waals surface area contributed by atoms with Crippen LogP contribution in [0.2, 0.25) is 0 Å². The van der Waals surface area contributed by atoms with Gasteiger partial charge in [0.05, 0.1) is 11.4 Å². The molecule has 2 aliphatic rings. The van der Waals surface area contributed by atoms with Crippen molar-refractivity contribution in [3.8, 4) is 11.6 Å². The number of fused-ring (bicyclic) bond motifs is 1. The van der Waals surface area contributed by atoms with Gasteiger partial charge in [0.2, 0.25) is 5.88 Å². The minimum atomic E-state index is 0.0615. The van der Waals surface area contributed by atoms with Crippen molar-refractivity contribution in [3.05, 3.63) is 41.9 Å². The van der Waals surface area contributed by atoms with Crippen LogP contribution in [0, 0.1) is 0 Å². The summed E-state index contributed by atoms with van der Waals surface area (Å²) in [5, 5.41) is 19.6. The molecule has 4 heterocycles. The maximum absolute atomic E-state index is 10.8. The van der Waals surface area contributed by atoms with Gasteiger partial charge in [0, 0.05) is 18.5 Å². The molecule has 1 aromatic carbocycles. The zero-order valence-electron chi connectivity index (χ0n) is 16.9. The van der Waals surface area contributed by atoms with Crippen molar-refractivity contribution in [2.45, 2.75) is 44.6 Å². The second-order valence-corrected chi connectivity index (χ2v) is 8.11. The number of para-hydroxylation sites is 1. The first-order valence-corrected chi connectivity index (χ1v) is 10.7. The predicted octanol–water partition coefficient (Wildman–Crippen LogP) is 2.62. The number of rotatable bonds is 4. The Hall–Kier alpha value is -2.51. The van der Waals surface area contributed by atoms with E-state index in [9.17, 15) is 5.11 Å². The first-order chi connectivity index (χ1) is 14.2. The molecule has 0 bridgehead atoms.